The number of benzene rings is 1. The topological polar surface area (TPSA) is 74.5 Å². The SMILES string of the molecule is Cc1cc([N+](=O)[O-])cc(Cl)c1NCc1cccnc1N1CCN(C)CC1. The lowest BCUT2D eigenvalue weighted by Gasteiger charge is -2.34. The minimum atomic E-state index is -0.435. The van der Waals surface area contributed by atoms with Crippen LogP contribution in [-0.2, 0) is 6.54 Å². The Kier molecular flexibility index (Phi) is 5.58. The number of hydrogen-bond acceptors (Lipinski definition) is 6. The molecule has 0 atom stereocenters. The molecule has 7 nitrogen and oxygen atoms in total. The minimum Gasteiger partial charge on any atom is -0.379 e. The molecule has 2 aromatic rings. The van der Waals surface area contributed by atoms with Crippen molar-refractivity contribution < 1.29 is 4.92 Å². The van der Waals surface area contributed by atoms with Crippen LogP contribution < -0.4 is 10.2 Å². The summed E-state index contributed by atoms with van der Waals surface area (Å²) in [6.07, 6.45) is 1.81. The number of rotatable bonds is 5. The Morgan fingerprint density at radius 3 is 2.69 bits per heavy atom. The number of nitrogens with zero attached hydrogens (tertiary/aromatic N) is 4. The molecule has 0 saturated carbocycles. The Hall–Kier alpha value is -2.38. The lowest BCUT2D eigenvalue weighted by atomic mass is 10.1. The number of nitrogens with one attached hydrogen (secondary N) is 1. The maximum Gasteiger partial charge on any atom is 0.271 e. The van der Waals surface area contributed by atoms with E-state index in [4.69, 9.17) is 11.6 Å². The molecule has 1 fully saturated rings. The van der Waals surface area contributed by atoms with Crippen LogP contribution in [0.3, 0.4) is 0 Å². The first kappa shape index (κ1) is 18.4. The molecule has 1 aliphatic rings. The first-order chi connectivity index (χ1) is 12.5. The first-order valence-electron chi connectivity index (χ1n) is 8.51. The van der Waals surface area contributed by atoms with Crippen molar-refractivity contribution in [2.75, 3.05) is 43.4 Å². The van der Waals surface area contributed by atoms with Gasteiger partial charge in [-0.3, -0.25) is 10.1 Å². The highest BCUT2D eigenvalue weighted by atomic mass is 35.5. The number of halogens is 1. The zero-order valence-corrected chi connectivity index (χ0v) is 15.7. The van der Waals surface area contributed by atoms with Crippen LogP contribution in [0.1, 0.15) is 11.1 Å². The van der Waals surface area contributed by atoms with E-state index in [1.807, 2.05) is 19.1 Å². The van der Waals surface area contributed by atoms with Crippen LogP contribution in [-0.4, -0.2) is 48.0 Å². The molecule has 8 heteroatoms. The molecule has 1 aromatic heterocycles. The van der Waals surface area contributed by atoms with Gasteiger partial charge in [-0.1, -0.05) is 17.7 Å². The van der Waals surface area contributed by atoms with Gasteiger partial charge in [0.25, 0.3) is 5.69 Å². The zero-order valence-electron chi connectivity index (χ0n) is 14.9. The molecule has 0 aliphatic carbocycles. The molecule has 138 valence electrons. The summed E-state index contributed by atoms with van der Waals surface area (Å²) in [6, 6.07) is 6.86. The summed E-state index contributed by atoms with van der Waals surface area (Å²) in [5, 5.41) is 14.6. The second kappa shape index (κ2) is 7.88. The van der Waals surface area contributed by atoms with Gasteiger partial charge < -0.3 is 15.1 Å². The van der Waals surface area contributed by atoms with E-state index in [2.05, 4.69) is 27.1 Å². The maximum absolute atomic E-state index is 10.9. The van der Waals surface area contributed by atoms with E-state index in [1.54, 1.807) is 6.20 Å². The number of likely N-dealkylation sites (N-methyl/N-ethyl adjacent to an activating group) is 1. The average Bonchev–Trinajstić information content (AvgIpc) is 2.62. The molecule has 0 unspecified atom stereocenters. The van der Waals surface area contributed by atoms with E-state index in [9.17, 15) is 10.1 Å². The standard InChI is InChI=1S/C18H22ClN5O2/c1-13-10-15(24(25)26)11-16(19)17(13)21-12-14-4-3-5-20-18(14)23-8-6-22(2)7-9-23/h3-5,10-11,21H,6-9,12H2,1-2H3. The van der Waals surface area contributed by atoms with Crippen LogP contribution in [0, 0.1) is 17.0 Å². The third-order valence-corrected chi connectivity index (χ3v) is 4.91. The summed E-state index contributed by atoms with van der Waals surface area (Å²) in [5.41, 5.74) is 2.53. The Morgan fingerprint density at radius 1 is 1.31 bits per heavy atom. The highest BCUT2D eigenvalue weighted by Crippen LogP contribution is 2.31. The summed E-state index contributed by atoms with van der Waals surface area (Å²) in [7, 11) is 2.12. The Bertz CT molecular complexity index is 783. The van der Waals surface area contributed by atoms with Gasteiger partial charge in [0.1, 0.15) is 5.82 Å². The van der Waals surface area contributed by atoms with Gasteiger partial charge in [0.2, 0.25) is 0 Å². The number of anilines is 2. The molecular weight excluding hydrogens is 354 g/mol. The number of aromatic nitrogens is 1. The monoisotopic (exact) mass is 375 g/mol. The number of pyridine rings is 1. The van der Waals surface area contributed by atoms with Gasteiger partial charge >= 0.3 is 0 Å². The first-order valence-corrected chi connectivity index (χ1v) is 8.89. The van der Waals surface area contributed by atoms with Crippen LogP contribution in [0.5, 0.6) is 0 Å². The van der Waals surface area contributed by atoms with Crippen molar-refractivity contribution >= 4 is 28.8 Å². The van der Waals surface area contributed by atoms with Crippen molar-refractivity contribution in [1.29, 1.82) is 0 Å². The molecule has 1 saturated heterocycles. The van der Waals surface area contributed by atoms with Gasteiger partial charge in [0, 0.05) is 56.6 Å². The van der Waals surface area contributed by atoms with E-state index in [0.29, 0.717) is 17.3 Å². The van der Waals surface area contributed by atoms with Crippen LogP contribution in [0.15, 0.2) is 30.5 Å². The van der Waals surface area contributed by atoms with Gasteiger partial charge in [0.15, 0.2) is 0 Å². The molecule has 3 rings (SSSR count). The second-order valence-corrected chi connectivity index (χ2v) is 6.91. The largest absolute Gasteiger partial charge is 0.379 e. The van der Waals surface area contributed by atoms with E-state index in [-0.39, 0.29) is 5.69 Å². The molecular formula is C18H22ClN5O2. The van der Waals surface area contributed by atoms with Crippen molar-refractivity contribution in [1.82, 2.24) is 9.88 Å². The fourth-order valence-corrected chi connectivity index (χ4v) is 3.44. The molecule has 26 heavy (non-hydrogen) atoms. The summed E-state index contributed by atoms with van der Waals surface area (Å²) in [6.45, 7) is 6.27. The van der Waals surface area contributed by atoms with Gasteiger partial charge in [-0.05, 0) is 25.6 Å². The van der Waals surface area contributed by atoms with Crippen LogP contribution >= 0.6 is 11.6 Å². The molecule has 0 amide bonds. The van der Waals surface area contributed by atoms with Crippen LogP contribution in [0.4, 0.5) is 17.2 Å². The summed E-state index contributed by atoms with van der Waals surface area (Å²) in [5.74, 6) is 0.976. The Labute approximate surface area is 157 Å². The van der Waals surface area contributed by atoms with Crippen molar-refractivity contribution in [3.63, 3.8) is 0 Å². The number of hydrogen-bond donors (Lipinski definition) is 1. The molecule has 0 bridgehead atoms. The number of non-ortho nitro benzene ring substituents is 1. The quantitative estimate of drug-likeness (QED) is 0.638. The highest BCUT2D eigenvalue weighted by Gasteiger charge is 2.18. The minimum absolute atomic E-state index is 0.00227. The third-order valence-electron chi connectivity index (χ3n) is 4.61. The van der Waals surface area contributed by atoms with E-state index < -0.39 is 4.92 Å². The predicted octanol–water partition coefficient (Wildman–Crippen LogP) is 3.32. The van der Waals surface area contributed by atoms with Crippen LogP contribution in [0.2, 0.25) is 5.02 Å². The Morgan fingerprint density at radius 2 is 2.04 bits per heavy atom. The van der Waals surface area contributed by atoms with E-state index in [1.165, 1.54) is 12.1 Å². The summed E-state index contributed by atoms with van der Waals surface area (Å²) in [4.78, 5) is 19.7. The zero-order chi connectivity index (χ0) is 18.7. The van der Waals surface area contributed by atoms with Crippen molar-refractivity contribution in [2.24, 2.45) is 0 Å². The molecule has 1 N–H and O–H groups in total. The smallest absolute Gasteiger partial charge is 0.271 e. The number of aryl methyl sites for hydroxylation is 1. The van der Waals surface area contributed by atoms with Gasteiger partial charge in [0.05, 0.1) is 15.6 Å². The van der Waals surface area contributed by atoms with E-state index >= 15 is 0 Å². The third kappa shape index (κ3) is 4.05. The maximum atomic E-state index is 10.9. The fourth-order valence-electron chi connectivity index (χ4n) is 3.11. The lowest BCUT2D eigenvalue weighted by Crippen LogP contribution is -2.45. The van der Waals surface area contributed by atoms with Gasteiger partial charge in [-0.25, -0.2) is 4.98 Å². The second-order valence-electron chi connectivity index (χ2n) is 6.51. The molecule has 0 spiro atoms. The van der Waals surface area contributed by atoms with Crippen molar-refractivity contribution in [3.8, 4) is 0 Å². The fraction of sp³-hybridized carbons (Fsp3) is 0.389. The number of nitro groups is 1. The van der Waals surface area contributed by atoms with Crippen molar-refractivity contribution in [2.45, 2.75) is 13.5 Å². The molecule has 2 heterocycles. The molecule has 1 aliphatic heterocycles. The van der Waals surface area contributed by atoms with Crippen LogP contribution in [0.25, 0.3) is 0 Å². The Balaban J connectivity index is 1.78. The van der Waals surface area contributed by atoms with E-state index in [0.717, 1.165) is 43.1 Å². The number of piperazine rings is 1. The van der Waals surface area contributed by atoms with Gasteiger partial charge in [-0.2, -0.15) is 0 Å². The van der Waals surface area contributed by atoms with Gasteiger partial charge in [-0.15, -0.1) is 0 Å². The van der Waals surface area contributed by atoms with Crippen molar-refractivity contribution in [3.05, 3.63) is 56.7 Å². The molecule has 0 radical (unpaired) electrons. The summed E-state index contributed by atoms with van der Waals surface area (Å²) >= 11 is 6.25. The molecule has 1 aromatic carbocycles. The predicted molar refractivity (Wildman–Crippen MR) is 104 cm³/mol. The normalized spacial score (nSPS) is 15.1. The summed E-state index contributed by atoms with van der Waals surface area (Å²) < 4.78 is 0. The highest BCUT2D eigenvalue weighted by molar-refractivity contribution is 6.33. The number of nitro benzene ring substituents is 1. The average molecular weight is 376 g/mol. The lowest BCUT2D eigenvalue weighted by molar-refractivity contribution is -0.384.